The minimum atomic E-state index is -0.620. The predicted molar refractivity (Wildman–Crippen MR) is 82.0 cm³/mol. The number of nitro benzene ring substituents is 2. The molecule has 4 N–H and O–H groups in total. The van der Waals surface area contributed by atoms with Crippen molar-refractivity contribution in [3.05, 3.63) is 56.6 Å². The van der Waals surface area contributed by atoms with Crippen LogP contribution in [0.5, 0.6) is 11.5 Å². The second-order valence-electron chi connectivity index (χ2n) is 4.37. The largest absolute Gasteiger partial charge is 0.658 e. The molecule has 0 atom stereocenters. The summed E-state index contributed by atoms with van der Waals surface area (Å²) in [6.07, 6.45) is 0. The number of nitrogen functional groups attached to an aromatic ring is 2. The first-order valence-electron chi connectivity index (χ1n) is 6.10. The molecule has 0 saturated heterocycles. The Labute approximate surface area is 130 Å². The van der Waals surface area contributed by atoms with E-state index in [1.807, 2.05) is 0 Å². The van der Waals surface area contributed by atoms with E-state index < -0.39 is 9.85 Å². The van der Waals surface area contributed by atoms with Gasteiger partial charge in [-0.1, -0.05) is 0 Å². The number of anilines is 2. The second kappa shape index (κ2) is 6.51. The van der Waals surface area contributed by atoms with E-state index in [0.29, 0.717) is 0 Å². The molecule has 2 aromatic rings. The van der Waals surface area contributed by atoms with E-state index in [2.05, 4.69) is 0 Å². The fourth-order valence-corrected chi connectivity index (χ4v) is 1.69. The fourth-order valence-electron chi connectivity index (χ4n) is 1.69. The molecule has 0 fully saturated rings. The summed E-state index contributed by atoms with van der Waals surface area (Å²) in [6.45, 7) is 0. The summed E-state index contributed by atoms with van der Waals surface area (Å²) in [5.41, 5.74) is 10.8. The predicted octanol–water partition coefficient (Wildman–Crippen LogP) is 1.66. The Morgan fingerprint density at radius 1 is 0.783 bits per heavy atom. The molecule has 0 aliphatic rings. The first-order chi connectivity index (χ1) is 10.8. The maximum Gasteiger partial charge on any atom is 0.658 e. The molecule has 117 valence electrons. The second-order valence-corrected chi connectivity index (χ2v) is 4.37. The summed E-state index contributed by atoms with van der Waals surface area (Å²) in [5.74, 6) is 0.158. The average molecular weight is 317 g/mol. The number of nitrogens with two attached hydrogens (primary N) is 2. The van der Waals surface area contributed by atoms with Gasteiger partial charge in [-0.05, 0) is 0 Å². The average Bonchev–Trinajstić information content (AvgIpc) is 2.46. The molecule has 2 aromatic carbocycles. The molecule has 0 aliphatic heterocycles. The van der Waals surface area contributed by atoms with Crippen LogP contribution in [0.1, 0.15) is 0 Å². The van der Waals surface area contributed by atoms with Crippen LogP contribution in [-0.4, -0.2) is 17.5 Å². The normalized spacial score (nSPS) is 9.91. The molecule has 10 nitrogen and oxygen atoms in total. The molecule has 11 heteroatoms. The van der Waals surface area contributed by atoms with Gasteiger partial charge in [0.05, 0.1) is 22.0 Å². The van der Waals surface area contributed by atoms with Crippen molar-refractivity contribution in [3.8, 4) is 11.5 Å². The molecule has 1 radical (unpaired) electrons. The topological polar surface area (TPSA) is 157 Å². The lowest BCUT2D eigenvalue weighted by molar-refractivity contribution is -0.385. The zero-order chi connectivity index (χ0) is 17.0. The molecular weight excluding hydrogens is 307 g/mol. The van der Waals surface area contributed by atoms with Crippen molar-refractivity contribution in [1.82, 2.24) is 0 Å². The minimum absolute atomic E-state index is 0.0788. The van der Waals surface area contributed by atoms with Gasteiger partial charge in [-0.2, -0.15) is 0 Å². The molecule has 0 unspecified atom stereocenters. The first kappa shape index (κ1) is 15.9. The van der Waals surface area contributed by atoms with Crippen LogP contribution < -0.4 is 20.8 Å². The summed E-state index contributed by atoms with van der Waals surface area (Å²) in [4.78, 5) is 20.2. The Hall–Kier alpha value is -3.50. The van der Waals surface area contributed by atoms with Crippen LogP contribution in [0.25, 0.3) is 0 Å². The lowest BCUT2D eigenvalue weighted by atomic mass is 10.2. The van der Waals surface area contributed by atoms with E-state index in [4.69, 9.17) is 20.8 Å². The Morgan fingerprint density at radius 2 is 1.17 bits per heavy atom. The fraction of sp³-hybridized carbons (Fsp3) is 0. The van der Waals surface area contributed by atoms with Gasteiger partial charge in [0.2, 0.25) is 0 Å². The number of rotatable bonds is 6. The van der Waals surface area contributed by atoms with Gasteiger partial charge in [-0.25, -0.2) is 0 Å². The highest BCUT2D eigenvalue weighted by molar-refractivity contribution is 6.20. The Balaban J connectivity index is 2.05. The quantitative estimate of drug-likeness (QED) is 0.352. The van der Waals surface area contributed by atoms with E-state index in [9.17, 15) is 20.2 Å². The monoisotopic (exact) mass is 317 g/mol. The van der Waals surface area contributed by atoms with Crippen LogP contribution >= 0.6 is 0 Å². The highest BCUT2D eigenvalue weighted by atomic mass is 16.6. The minimum Gasteiger partial charge on any atom is -0.526 e. The standard InChI is InChI=1S/C12H10BN4O6/c14-7-1-9(16(18)19)5-11(3-7)22-13-23-12-4-8(15)2-10(6-12)17(20)21/h1-6H,14-15H2. The van der Waals surface area contributed by atoms with E-state index in [-0.39, 0.29) is 34.2 Å². The van der Waals surface area contributed by atoms with Crippen molar-refractivity contribution in [2.45, 2.75) is 0 Å². The number of nitro groups is 2. The molecule has 0 bridgehead atoms. The Morgan fingerprint density at radius 3 is 1.52 bits per heavy atom. The van der Waals surface area contributed by atoms with Gasteiger partial charge in [0.25, 0.3) is 11.4 Å². The summed E-state index contributed by atoms with van der Waals surface area (Å²) >= 11 is 0. The molecule has 23 heavy (non-hydrogen) atoms. The van der Waals surface area contributed by atoms with Gasteiger partial charge in [0.1, 0.15) is 11.5 Å². The molecule has 0 heterocycles. The van der Waals surface area contributed by atoms with Crippen molar-refractivity contribution < 1.29 is 19.2 Å². The summed E-state index contributed by atoms with van der Waals surface area (Å²) in [5, 5.41) is 21.4. The van der Waals surface area contributed by atoms with E-state index in [1.54, 1.807) is 0 Å². The lowest BCUT2D eigenvalue weighted by Crippen LogP contribution is -2.11. The maximum atomic E-state index is 10.7. The van der Waals surface area contributed by atoms with Crippen LogP contribution in [0.2, 0.25) is 0 Å². The highest BCUT2D eigenvalue weighted by Gasteiger charge is 2.13. The van der Waals surface area contributed by atoms with E-state index in [0.717, 1.165) is 19.8 Å². The smallest absolute Gasteiger partial charge is 0.526 e. The third-order valence-corrected chi connectivity index (χ3v) is 2.62. The van der Waals surface area contributed by atoms with Crippen molar-refractivity contribution >= 4 is 30.4 Å². The zero-order valence-electron chi connectivity index (χ0n) is 11.5. The van der Waals surface area contributed by atoms with Crippen LogP contribution in [-0.2, 0) is 0 Å². The van der Waals surface area contributed by atoms with Gasteiger partial charge in [-0.15, -0.1) is 0 Å². The van der Waals surface area contributed by atoms with Crippen LogP contribution in [0.15, 0.2) is 36.4 Å². The summed E-state index contributed by atoms with van der Waals surface area (Å²) < 4.78 is 10.2. The van der Waals surface area contributed by atoms with Crippen LogP contribution in [0.4, 0.5) is 22.7 Å². The molecular formula is C12H10BN4O6. The number of non-ortho nitro benzene ring substituents is 2. The van der Waals surface area contributed by atoms with Gasteiger partial charge in [-0.3, -0.25) is 20.2 Å². The van der Waals surface area contributed by atoms with Crippen molar-refractivity contribution in [3.63, 3.8) is 0 Å². The SMILES string of the molecule is Nc1cc(O[B]Oc2cc(N)cc([N+](=O)[O-])c2)cc([N+](=O)[O-])c1. The molecule has 0 aliphatic carbocycles. The molecule has 0 amide bonds. The Kier molecular flexibility index (Phi) is 4.50. The number of nitrogens with zero attached hydrogens (tertiary/aromatic N) is 2. The van der Waals surface area contributed by atoms with E-state index >= 15 is 0 Å². The van der Waals surface area contributed by atoms with Gasteiger partial charge in [0.15, 0.2) is 0 Å². The van der Waals surface area contributed by atoms with Crippen molar-refractivity contribution in [2.24, 2.45) is 0 Å². The molecule has 0 saturated carbocycles. The molecule has 0 aromatic heterocycles. The Bertz CT molecular complexity index is 706. The molecule has 0 spiro atoms. The number of hydrogen-bond acceptors (Lipinski definition) is 8. The zero-order valence-corrected chi connectivity index (χ0v) is 11.5. The highest BCUT2D eigenvalue weighted by Crippen LogP contribution is 2.26. The third kappa shape index (κ3) is 4.23. The maximum absolute atomic E-state index is 10.7. The first-order valence-corrected chi connectivity index (χ1v) is 6.10. The summed E-state index contributed by atoms with van der Waals surface area (Å²) in [7, 11) is 0.858. The number of benzene rings is 2. The van der Waals surface area contributed by atoms with Crippen molar-refractivity contribution in [2.75, 3.05) is 11.5 Å². The van der Waals surface area contributed by atoms with Gasteiger partial charge < -0.3 is 20.8 Å². The van der Waals surface area contributed by atoms with Gasteiger partial charge >= 0.3 is 7.69 Å². The van der Waals surface area contributed by atoms with Gasteiger partial charge in [0, 0.05) is 35.6 Å². The summed E-state index contributed by atoms with van der Waals surface area (Å²) in [6, 6.07) is 7.36. The lowest BCUT2D eigenvalue weighted by Gasteiger charge is -2.07. The third-order valence-electron chi connectivity index (χ3n) is 2.62. The van der Waals surface area contributed by atoms with Crippen molar-refractivity contribution in [1.29, 1.82) is 0 Å². The van der Waals surface area contributed by atoms with Crippen LogP contribution in [0, 0.1) is 20.2 Å². The molecule has 2 rings (SSSR count). The van der Waals surface area contributed by atoms with E-state index in [1.165, 1.54) is 24.3 Å². The number of hydrogen-bond donors (Lipinski definition) is 2. The van der Waals surface area contributed by atoms with Crippen LogP contribution in [0.3, 0.4) is 0 Å².